The van der Waals surface area contributed by atoms with Crippen LogP contribution in [-0.4, -0.2) is 31.2 Å². The number of halogens is 1. The highest BCUT2D eigenvalue weighted by atomic mass is 35.5. The van der Waals surface area contributed by atoms with Gasteiger partial charge in [0.05, 0.1) is 17.8 Å². The summed E-state index contributed by atoms with van der Waals surface area (Å²) in [7, 11) is 1.45. The Kier molecular flexibility index (Phi) is 3.95. The van der Waals surface area contributed by atoms with E-state index >= 15 is 0 Å². The third kappa shape index (κ3) is 2.78. The molecule has 2 fully saturated rings. The molecule has 7 heteroatoms. The molecule has 1 saturated heterocycles. The predicted molar refractivity (Wildman–Crippen MR) is 104 cm³/mol. The van der Waals surface area contributed by atoms with Crippen molar-refractivity contribution in [3.05, 3.63) is 47.2 Å². The number of benzene rings is 1. The Morgan fingerprint density at radius 2 is 2.07 bits per heavy atom. The summed E-state index contributed by atoms with van der Waals surface area (Å²) in [6.45, 7) is 3.70. The maximum absolute atomic E-state index is 11.5. The van der Waals surface area contributed by atoms with Crippen molar-refractivity contribution in [2.24, 2.45) is 17.8 Å². The standard InChI is InChI=1S/C21H21ClN2O4/c1-21(18-7-6-12(22)9-23-18)27-17-5-3-4-16(20(17)28-21)24-10-14-13(15(14)11-24)8-19(25)26-2/h3-7,9,13-15H,8,10-11H2,1-2H3/t13?,14?,15?,21-/m1/s1. The monoisotopic (exact) mass is 400 g/mol. The van der Waals surface area contributed by atoms with E-state index in [9.17, 15) is 4.79 Å². The number of rotatable bonds is 4. The first-order chi connectivity index (χ1) is 13.5. The van der Waals surface area contributed by atoms with Crippen LogP contribution in [0.25, 0.3) is 0 Å². The lowest BCUT2D eigenvalue weighted by atomic mass is 10.1. The number of nitrogens with zero attached hydrogens (tertiary/aromatic N) is 2. The molecule has 2 aromatic rings. The second-order valence-electron chi connectivity index (χ2n) is 7.79. The fourth-order valence-corrected chi connectivity index (χ4v) is 4.65. The molecule has 1 saturated carbocycles. The van der Waals surface area contributed by atoms with Gasteiger partial charge in [0.1, 0.15) is 5.69 Å². The lowest BCUT2D eigenvalue weighted by Crippen LogP contribution is -2.33. The minimum Gasteiger partial charge on any atom is -0.469 e. The number of fused-ring (bicyclic) bond motifs is 2. The van der Waals surface area contributed by atoms with Gasteiger partial charge in [-0.3, -0.25) is 9.78 Å². The van der Waals surface area contributed by atoms with Crippen LogP contribution in [0.3, 0.4) is 0 Å². The number of carbonyl (C=O) groups excluding carboxylic acids is 1. The Morgan fingerprint density at radius 1 is 1.29 bits per heavy atom. The van der Waals surface area contributed by atoms with Crippen LogP contribution < -0.4 is 14.4 Å². The quantitative estimate of drug-likeness (QED) is 0.730. The number of methoxy groups -OCH3 is 1. The Morgan fingerprint density at radius 3 is 2.75 bits per heavy atom. The number of esters is 1. The fraction of sp³-hybridized carbons (Fsp3) is 0.429. The van der Waals surface area contributed by atoms with Crippen molar-refractivity contribution < 1.29 is 19.0 Å². The zero-order valence-corrected chi connectivity index (χ0v) is 16.5. The Labute approximate surface area is 168 Å². The second kappa shape index (κ2) is 6.27. The first-order valence-electron chi connectivity index (χ1n) is 9.43. The van der Waals surface area contributed by atoms with E-state index in [1.165, 1.54) is 7.11 Å². The van der Waals surface area contributed by atoms with Gasteiger partial charge in [-0.15, -0.1) is 0 Å². The van der Waals surface area contributed by atoms with Gasteiger partial charge >= 0.3 is 5.97 Å². The molecule has 2 unspecified atom stereocenters. The number of hydrogen-bond acceptors (Lipinski definition) is 6. The normalized spacial score (nSPS) is 29.5. The number of ether oxygens (including phenoxy) is 3. The number of hydrogen-bond donors (Lipinski definition) is 0. The summed E-state index contributed by atoms with van der Waals surface area (Å²) in [5.74, 6) is 1.88. The van der Waals surface area contributed by atoms with Crippen LogP contribution in [-0.2, 0) is 15.3 Å². The third-order valence-electron chi connectivity index (χ3n) is 6.09. The number of pyridine rings is 1. The summed E-state index contributed by atoms with van der Waals surface area (Å²) >= 11 is 5.95. The average molecular weight is 401 g/mol. The van der Waals surface area contributed by atoms with Gasteiger partial charge in [-0.05, 0) is 42.0 Å². The number of anilines is 1. The molecule has 1 aromatic carbocycles. The molecule has 0 amide bonds. The van der Waals surface area contributed by atoms with Gasteiger partial charge in [-0.1, -0.05) is 17.7 Å². The van der Waals surface area contributed by atoms with Crippen LogP contribution in [0.2, 0.25) is 5.02 Å². The minimum absolute atomic E-state index is 0.116. The van der Waals surface area contributed by atoms with Gasteiger partial charge in [0.25, 0.3) is 5.79 Å². The largest absolute Gasteiger partial charge is 0.469 e. The average Bonchev–Trinajstić information content (AvgIpc) is 3.03. The highest BCUT2D eigenvalue weighted by Crippen LogP contribution is 2.57. The third-order valence-corrected chi connectivity index (χ3v) is 6.32. The summed E-state index contributed by atoms with van der Waals surface area (Å²) in [5, 5.41) is 0.571. The Balaban J connectivity index is 1.34. The molecule has 146 valence electrons. The molecule has 5 rings (SSSR count). The molecular formula is C21H21ClN2O4. The maximum Gasteiger partial charge on any atom is 0.305 e. The van der Waals surface area contributed by atoms with Crippen molar-refractivity contribution in [3.8, 4) is 11.5 Å². The first kappa shape index (κ1) is 17.6. The van der Waals surface area contributed by atoms with Gasteiger partial charge < -0.3 is 19.1 Å². The van der Waals surface area contributed by atoms with Crippen molar-refractivity contribution in [3.63, 3.8) is 0 Å². The molecule has 0 radical (unpaired) electrons. The fourth-order valence-electron chi connectivity index (χ4n) is 4.54. The smallest absolute Gasteiger partial charge is 0.305 e. The van der Waals surface area contributed by atoms with Crippen LogP contribution in [0.5, 0.6) is 11.5 Å². The van der Waals surface area contributed by atoms with E-state index in [0.717, 1.165) is 24.5 Å². The number of aromatic nitrogens is 1. The van der Waals surface area contributed by atoms with Crippen molar-refractivity contribution in [2.45, 2.75) is 19.1 Å². The molecule has 0 N–H and O–H groups in total. The molecule has 3 aliphatic rings. The van der Waals surface area contributed by atoms with Crippen LogP contribution in [0.4, 0.5) is 5.69 Å². The number of piperidine rings is 1. The Bertz CT molecular complexity index is 923. The molecule has 1 aliphatic carbocycles. The minimum atomic E-state index is -0.987. The van der Waals surface area contributed by atoms with Crippen molar-refractivity contribution >= 4 is 23.3 Å². The molecule has 28 heavy (non-hydrogen) atoms. The molecule has 0 spiro atoms. The predicted octanol–water partition coefficient (Wildman–Crippen LogP) is 3.62. The van der Waals surface area contributed by atoms with E-state index in [4.69, 9.17) is 25.8 Å². The van der Waals surface area contributed by atoms with Gasteiger partial charge in [0, 0.05) is 32.6 Å². The van der Waals surface area contributed by atoms with E-state index in [0.29, 0.717) is 40.6 Å². The first-order valence-corrected chi connectivity index (χ1v) is 9.81. The van der Waals surface area contributed by atoms with E-state index in [-0.39, 0.29) is 5.97 Å². The molecule has 2 aliphatic heterocycles. The summed E-state index contributed by atoms with van der Waals surface area (Å²) in [4.78, 5) is 18.2. The second-order valence-corrected chi connectivity index (χ2v) is 8.23. The van der Waals surface area contributed by atoms with Crippen LogP contribution in [0.1, 0.15) is 19.0 Å². The zero-order valence-electron chi connectivity index (χ0n) is 15.7. The topological polar surface area (TPSA) is 60.9 Å². The molecule has 0 bridgehead atoms. The van der Waals surface area contributed by atoms with Crippen molar-refractivity contribution in [1.82, 2.24) is 4.98 Å². The number of para-hydroxylation sites is 1. The highest BCUT2D eigenvalue weighted by Gasteiger charge is 2.57. The zero-order chi connectivity index (χ0) is 19.5. The van der Waals surface area contributed by atoms with Crippen molar-refractivity contribution in [2.75, 3.05) is 25.1 Å². The van der Waals surface area contributed by atoms with Crippen molar-refractivity contribution in [1.29, 1.82) is 0 Å². The van der Waals surface area contributed by atoms with Gasteiger partial charge in [-0.25, -0.2) is 0 Å². The van der Waals surface area contributed by atoms with Crippen LogP contribution in [0.15, 0.2) is 36.5 Å². The molecule has 6 nitrogen and oxygen atoms in total. The van der Waals surface area contributed by atoms with Crippen LogP contribution in [0, 0.1) is 17.8 Å². The van der Waals surface area contributed by atoms with Gasteiger partial charge in [-0.2, -0.15) is 0 Å². The molecule has 3 heterocycles. The number of carbonyl (C=O) groups is 1. The highest BCUT2D eigenvalue weighted by molar-refractivity contribution is 6.30. The van der Waals surface area contributed by atoms with Gasteiger partial charge in [0.15, 0.2) is 11.5 Å². The van der Waals surface area contributed by atoms with Crippen LogP contribution >= 0.6 is 11.6 Å². The summed E-state index contributed by atoms with van der Waals surface area (Å²) < 4.78 is 17.2. The molecule has 1 aromatic heterocycles. The Hall–Kier alpha value is -2.47. The van der Waals surface area contributed by atoms with Gasteiger partial charge in [0.2, 0.25) is 0 Å². The molecular weight excluding hydrogens is 380 g/mol. The van der Waals surface area contributed by atoms with E-state index in [2.05, 4.69) is 16.0 Å². The SMILES string of the molecule is COC(=O)CC1C2CN(c3cccc4c3O[C@](C)(c3ccc(Cl)cn3)O4)CC12. The van der Waals surface area contributed by atoms with E-state index in [1.807, 2.05) is 25.1 Å². The summed E-state index contributed by atoms with van der Waals surface area (Å²) in [6, 6.07) is 9.55. The van der Waals surface area contributed by atoms with E-state index in [1.54, 1.807) is 12.3 Å². The lowest BCUT2D eigenvalue weighted by Gasteiger charge is -2.25. The lowest BCUT2D eigenvalue weighted by molar-refractivity contribution is -0.141. The molecule has 3 atom stereocenters. The summed E-state index contributed by atoms with van der Waals surface area (Å²) in [6.07, 6.45) is 2.11. The van der Waals surface area contributed by atoms with E-state index < -0.39 is 5.79 Å². The summed E-state index contributed by atoms with van der Waals surface area (Å²) in [5.41, 5.74) is 1.70. The maximum atomic E-state index is 11.5.